The standard InChI is InChI=1S/C10H9NO2S/c1-13-9-2-7-6(4-12)5-14-10(7)3-8(9)11/h2-5H,11H2,1H3. The summed E-state index contributed by atoms with van der Waals surface area (Å²) in [5.74, 6) is 0.610. The molecule has 2 rings (SSSR count). The summed E-state index contributed by atoms with van der Waals surface area (Å²) in [6.07, 6.45) is 0.842. The minimum absolute atomic E-state index is 0.597. The third kappa shape index (κ3) is 1.24. The Hall–Kier alpha value is -1.55. The number of fused-ring (bicyclic) bond motifs is 1. The highest BCUT2D eigenvalue weighted by Crippen LogP contribution is 2.33. The van der Waals surface area contributed by atoms with Crippen molar-refractivity contribution in [1.29, 1.82) is 0 Å². The van der Waals surface area contributed by atoms with E-state index in [0.717, 1.165) is 16.4 Å². The number of aldehydes is 1. The molecule has 1 aromatic heterocycles. The summed E-state index contributed by atoms with van der Waals surface area (Å²) in [5, 5.41) is 2.72. The zero-order chi connectivity index (χ0) is 10.1. The predicted octanol–water partition coefficient (Wildman–Crippen LogP) is 2.30. The second-order valence-corrected chi connectivity index (χ2v) is 3.81. The van der Waals surface area contributed by atoms with E-state index in [0.29, 0.717) is 17.0 Å². The van der Waals surface area contributed by atoms with Gasteiger partial charge in [0.15, 0.2) is 6.29 Å². The van der Waals surface area contributed by atoms with Gasteiger partial charge in [0.1, 0.15) is 5.75 Å². The molecule has 72 valence electrons. The van der Waals surface area contributed by atoms with Gasteiger partial charge in [0, 0.05) is 21.0 Å². The topological polar surface area (TPSA) is 52.3 Å². The van der Waals surface area contributed by atoms with Crippen molar-refractivity contribution in [2.45, 2.75) is 0 Å². The van der Waals surface area contributed by atoms with E-state index in [9.17, 15) is 4.79 Å². The summed E-state index contributed by atoms with van der Waals surface area (Å²) >= 11 is 1.51. The quantitative estimate of drug-likeness (QED) is 0.607. The Balaban J connectivity index is 2.76. The number of methoxy groups -OCH3 is 1. The minimum Gasteiger partial charge on any atom is -0.495 e. The molecule has 0 aliphatic rings. The lowest BCUT2D eigenvalue weighted by atomic mass is 10.1. The third-order valence-corrected chi connectivity index (χ3v) is 3.05. The second kappa shape index (κ2) is 3.31. The molecule has 0 fully saturated rings. The van der Waals surface area contributed by atoms with Gasteiger partial charge in [-0.05, 0) is 12.1 Å². The van der Waals surface area contributed by atoms with Crippen LogP contribution in [-0.4, -0.2) is 13.4 Å². The molecule has 0 aliphatic carbocycles. The molecule has 0 spiro atoms. The van der Waals surface area contributed by atoms with Crippen molar-refractivity contribution in [1.82, 2.24) is 0 Å². The average Bonchev–Trinajstić information content (AvgIpc) is 2.58. The van der Waals surface area contributed by atoms with Gasteiger partial charge in [-0.3, -0.25) is 4.79 Å². The molecule has 3 nitrogen and oxygen atoms in total. The molecule has 1 aromatic carbocycles. The van der Waals surface area contributed by atoms with Crippen LogP contribution < -0.4 is 10.5 Å². The van der Waals surface area contributed by atoms with Gasteiger partial charge in [0.2, 0.25) is 0 Å². The first-order valence-electron chi connectivity index (χ1n) is 4.06. The number of hydrogen-bond donors (Lipinski definition) is 1. The van der Waals surface area contributed by atoms with Crippen LogP contribution in [0.15, 0.2) is 17.5 Å². The van der Waals surface area contributed by atoms with E-state index in [2.05, 4.69) is 0 Å². The van der Waals surface area contributed by atoms with Crippen molar-refractivity contribution in [3.63, 3.8) is 0 Å². The van der Waals surface area contributed by atoms with Crippen LogP contribution in [0.3, 0.4) is 0 Å². The number of anilines is 1. The van der Waals surface area contributed by atoms with Crippen molar-refractivity contribution in [2.24, 2.45) is 0 Å². The monoisotopic (exact) mass is 207 g/mol. The number of carbonyl (C=O) groups excluding carboxylic acids is 1. The molecular weight excluding hydrogens is 198 g/mol. The van der Waals surface area contributed by atoms with E-state index in [1.54, 1.807) is 13.2 Å². The molecule has 0 saturated carbocycles. The number of rotatable bonds is 2. The zero-order valence-corrected chi connectivity index (χ0v) is 8.43. The van der Waals surface area contributed by atoms with Gasteiger partial charge < -0.3 is 10.5 Å². The molecule has 2 aromatic rings. The lowest BCUT2D eigenvalue weighted by Gasteiger charge is -2.03. The largest absolute Gasteiger partial charge is 0.495 e. The molecule has 0 saturated heterocycles. The summed E-state index contributed by atoms with van der Waals surface area (Å²) in [6, 6.07) is 3.62. The number of ether oxygens (including phenoxy) is 1. The number of thiophene rings is 1. The molecule has 0 unspecified atom stereocenters. The summed E-state index contributed by atoms with van der Waals surface area (Å²) in [6.45, 7) is 0. The fourth-order valence-corrected chi connectivity index (χ4v) is 2.29. The molecule has 0 amide bonds. The van der Waals surface area contributed by atoms with E-state index < -0.39 is 0 Å². The number of carbonyl (C=O) groups is 1. The molecule has 1 heterocycles. The van der Waals surface area contributed by atoms with E-state index in [-0.39, 0.29) is 0 Å². The molecule has 0 bridgehead atoms. The van der Waals surface area contributed by atoms with Crippen molar-refractivity contribution in [2.75, 3.05) is 12.8 Å². The molecule has 0 atom stereocenters. The maximum absolute atomic E-state index is 10.7. The summed E-state index contributed by atoms with van der Waals surface area (Å²) in [7, 11) is 1.56. The Bertz CT molecular complexity index is 490. The first-order valence-corrected chi connectivity index (χ1v) is 4.94. The van der Waals surface area contributed by atoms with E-state index in [4.69, 9.17) is 10.5 Å². The Morgan fingerprint density at radius 2 is 2.29 bits per heavy atom. The highest BCUT2D eigenvalue weighted by atomic mass is 32.1. The zero-order valence-electron chi connectivity index (χ0n) is 7.61. The number of hydrogen-bond acceptors (Lipinski definition) is 4. The third-order valence-electron chi connectivity index (χ3n) is 2.08. The maximum atomic E-state index is 10.7. The Morgan fingerprint density at radius 1 is 1.50 bits per heavy atom. The van der Waals surface area contributed by atoms with Crippen LogP contribution in [0.2, 0.25) is 0 Å². The van der Waals surface area contributed by atoms with Crippen LogP contribution in [0.4, 0.5) is 5.69 Å². The summed E-state index contributed by atoms with van der Waals surface area (Å²) < 4.78 is 6.09. The van der Waals surface area contributed by atoms with Gasteiger partial charge in [-0.25, -0.2) is 0 Å². The Labute approximate surface area is 85.1 Å². The predicted molar refractivity (Wildman–Crippen MR) is 58.2 cm³/mol. The highest BCUT2D eigenvalue weighted by Gasteiger charge is 2.07. The van der Waals surface area contributed by atoms with Gasteiger partial charge in [-0.1, -0.05) is 0 Å². The van der Waals surface area contributed by atoms with Crippen molar-refractivity contribution in [3.05, 3.63) is 23.1 Å². The first-order chi connectivity index (χ1) is 6.76. The summed E-state index contributed by atoms with van der Waals surface area (Å²) in [5.41, 5.74) is 7.02. The molecule has 14 heavy (non-hydrogen) atoms. The lowest BCUT2D eigenvalue weighted by molar-refractivity contribution is 0.112. The van der Waals surface area contributed by atoms with Crippen molar-refractivity contribution < 1.29 is 9.53 Å². The van der Waals surface area contributed by atoms with Crippen LogP contribution in [0.1, 0.15) is 10.4 Å². The Kier molecular flexibility index (Phi) is 2.13. The molecule has 4 heteroatoms. The van der Waals surface area contributed by atoms with E-state index in [1.807, 2.05) is 11.4 Å². The molecule has 2 N–H and O–H groups in total. The molecular formula is C10H9NO2S. The minimum atomic E-state index is 0.597. The number of benzene rings is 1. The van der Waals surface area contributed by atoms with E-state index >= 15 is 0 Å². The van der Waals surface area contributed by atoms with Gasteiger partial charge in [0.05, 0.1) is 12.8 Å². The van der Waals surface area contributed by atoms with E-state index in [1.165, 1.54) is 11.3 Å². The smallest absolute Gasteiger partial charge is 0.151 e. The first kappa shape index (κ1) is 9.02. The van der Waals surface area contributed by atoms with Gasteiger partial charge in [-0.15, -0.1) is 11.3 Å². The Morgan fingerprint density at radius 3 is 2.93 bits per heavy atom. The number of nitrogen functional groups attached to an aromatic ring is 1. The van der Waals surface area contributed by atoms with Crippen LogP contribution in [0.25, 0.3) is 10.1 Å². The van der Waals surface area contributed by atoms with Crippen LogP contribution in [0.5, 0.6) is 5.75 Å². The molecule has 0 aliphatic heterocycles. The summed E-state index contributed by atoms with van der Waals surface area (Å²) in [4.78, 5) is 10.7. The van der Waals surface area contributed by atoms with Gasteiger partial charge >= 0.3 is 0 Å². The van der Waals surface area contributed by atoms with Crippen LogP contribution >= 0.6 is 11.3 Å². The fraction of sp³-hybridized carbons (Fsp3) is 0.100. The van der Waals surface area contributed by atoms with Gasteiger partial charge in [-0.2, -0.15) is 0 Å². The maximum Gasteiger partial charge on any atom is 0.151 e. The van der Waals surface area contributed by atoms with Gasteiger partial charge in [0.25, 0.3) is 0 Å². The van der Waals surface area contributed by atoms with Crippen molar-refractivity contribution >= 4 is 33.4 Å². The normalized spacial score (nSPS) is 10.4. The highest BCUT2D eigenvalue weighted by molar-refractivity contribution is 7.17. The van der Waals surface area contributed by atoms with Crippen molar-refractivity contribution in [3.8, 4) is 5.75 Å². The second-order valence-electron chi connectivity index (χ2n) is 2.90. The lowest BCUT2D eigenvalue weighted by Crippen LogP contribution is -1.91. The van der Waals surface area contributed by atoms with Crippen LogP contribution in [0, 0.1) is 0 Å². The average molecular weight is 207 g/mol. The SMILES string of the molecule is COc1cc2c(C=O)csc2cc1N. The number of nitrogens with two attached hydrogens (primary N) is 1. The fourth-order valence-electron chi connectivity index (χ4n) is 1.36. The van der Waals surface area contributed by atoms with Crippen LogP contribution in [-0.2, 0) is 0 Å². The molecule has 0 radical (unpaired) electrons.